The van der Waals surface area contributed by atoms with Crippen molar-refractivity contribution in [3.05, 3.63) is 0 Å². The summed E-state index contributed by atoms with van der Waals surface area (Å²) in [6, 6.07) is 2.75. The van der Waals surface area contributed by atoms with Gasteiger partial charge in [-0.25, -0.2) is 0 Å². The molecule has 2 aliphatic rings. The van der Waals surface area contributed by atoms with E-state index >= 15 is 0 Å². The summed E-state index contributed by atoms with van der Waals surface area (Å²) >= 11 is 0. The minimum Gasteiger partial charge on any atom is -0.198 e. The summed E-state index contributed by atoms with van der Waals surface area (Å²) in [6.45, 7) is 4.58. The van der Waals surface area contributed by atoms with Crippen molar-refractivity contribution in [2.45, 2.75) is 149 Å². The molecule has 0 aromatic heterocycles. The number of hydrogen-bond donors (Lipinski definition) is 0. The Balaban J connectivity index is 1.55. The molecule has 1 heteroatoms. The summed E-state index contributed by atoms with van der Waals surface area (Å²) in [5.74, 6) is 2.98. The Hall–Kier alpha value is -0.510. The zero-order valence-corrected chi connectivity index (χ0v) is 20.0. The van der Waals surface area contributed by atoms with Gasteiger partial charge in [0.05, 0.1) is 11.5 Å². The lowest BCUT2D eigenvalue weighted by Gasteiger charge is -2.36. The van der Waals surface area contributed by atoms with Gasteiger partial charge in [0, 0.05) is 0 Å². The van der Waals surface area contributed by atoms with Crippen LogP contribution in [0.1, 0.15) is 149 Å². The summed E-state index contributed by atoms with van der Waals surface area (Å²) in [6.07, 6.45) is 29.1. The zero-order chi connectivity index (χ0) is 20.8. The largest absolute Gasteiger partial charge is 0.198 e. The molecule has 2 fully saturated rings. The summed E-state index contributed by atoms with van der Waals surface area (Å²) < 4.78 is 0. The third-order valence-corrected chi connectivity index (χ3v) is 8.47. The Kier molecular flexibility index (Phi) is 12.4. The Morgan fingerprint density at radius 2 is 1.10 bits per heavy atom. The first kappa shape index (κ1) is 24.8. The van der Waals surface area contributed by atoms with Gasteiger partial charge in [-0.05, 0) is 49.9 Å². The van der Waals surface area contributed by atoms with E-state index in [0.29, 0.717) is 0 Å². The highest BCUT2D eigenvalue weighted by Crippen LogP contribution is 2.44. The molecule has 0 spiro atoms. The van der Waals surface area contributed by atoms with E-state index in [1.165, 1.54) is 135 Å². The maximum atomic E-state index is 9.80. The normalized spacial score (nSPS) is 30.2. The van der Waals surface area contributed by atoms with E-state index in [0.717, 1.165) is 17.8 Å². The van der Waals surface area contributed by atoms with Crippen molar-refractivity contribution < 1.29 is 0 Å². The molecule has 0 radical (unpaired) electrons. The number of unbranched alkanes of at least 4 members (excludes halogenated alkanes) is 7. The Labute approximate surface area is 183 Å². The van der Waals surface area contributed by atoms with Crippen molar-refractivity contribution in [1.82, 2.24) is 0 Å². The molecule has 0 bridgehead atoms. The highest BCUT2D eigenvalue weighted by Gasteiger charge is 2.35. The molecule has 168 valence electrons. The van der Waals surface area contributed by atoms with Gasteiger partial charge in [0.25, 0.3) is 0 Å². The van der Waals surface area contributed by atoms with Crippen molar-refractivity contribution >= 4 is 0 Å². The fourth-order valence-electron chi connectivity index (χ4n) is 6.14. The SMILES string of the molecule is CCCCCCC[C@H]1CC[C@H](CC[C@H]2CC[C@@](C#N)(CCCCCC)CC2)CC1. The second-order valence-corrected chi connectivity index (χ2v) is 10.8. The van der Waals surface area contributed by atoms with Crippen LogP contribution >= 0.6 is 0 Å². The highest BCUT2D eigenvalue weighted by atomic mass is 14.4. The van der Waals surface area contributed by atoms with Crippen LogP contribution in [-0.4, -0.2) is 0 Å². The summed E-state index contributed by atoms with van der Waals surface area (Å²) in [5.41, 5.74) is 0.0411. The van der Waals surface area contributed by atoms with Crippen LogP contribution in [0.3, 0.4) is 0 Å². The first-order valence-corrected chi connectivity index (χ1v) is 13.6. The fourth-order valence-corrected chi connectivity index (χ4v) is 6.14. The zero-order valence-electron chi connectivity index (χ0n) is 20.0. The standard InChI is InChI=1S/C28H51N/c1-3-5-7-9-10-12-25-13-15-26(16-14-25)17-18-27-19-22-28(24-29,23-20-27)21-11-8-6-4-2/h25-27H,3-23H2,1-2H3/t25-,26-,27-,28-. The average molecular weight is 402 g/mol. The number of nitrogens with zero attached hydrogens (tertiary/aromatic N) is 1. The molecule has 0 N–H and O–H groups in total. The minimum absolute atomic E-state index is 0.0411. The Morgan fingerprint density at radius 3 is 1.66 bits per heavy atom. The quantitative estimate of drug-likeness (QED) is 0.266. The topological polar surface area (TPSA) is 23.8 Å². The third kappa shape index (κ3) is 9.44. The van der Waals surface area contributed by atoms with Crippen molar-refractivity contribution in [3.8, 4) is 6.07 Å². The van der Waals surface area contributed by atoms with Crippen LogP contribution in [0.4, 0.5) is 0 Å². The van der Waals surface area contributed by atoms with Crippen molar-refractivity contribution in [3.63, 3.8) is 0 Å². The maximum Gasteiger partial charge on any atom is 0.0689 e. The van der Waals surface area contributed by atoms with E-state index in [1.54, 1.807) is 0 Å². The van der Waals surface area contributed by atoms with E-state index in [2.05, 4.69) is 19.9 Å². The van der Waals surface area contributed by atoms with Gasteiger partial charge in [0.15, 0.2) is 0 Å². The van der Waals surface area contributed by atoms with E-state index in [1.807, 2.05) is 0 Å². The second-order valence-electron chi connectivity index (χ2n) is 10.8. The maximum absolute atomic E-state index is 9.80. The first-order chi connectivity index (χ1) is 14.2. The monoisotopic (exact) mass is 401 g/mol. The molecule has 2 saturated carbocycles. The first-order valence-electron chi connectivity index (χ1n) is 13.6. The molecule has 0 aliphatic heterocycles. The molecule has 29 heavy (non-hydrogen) atoms. The predicted molar refractivity (Wildman–Crippen MR) is 127 cm³/mol. The summed E-state index contributed by atoms with van der Waals surface area (Å²) in [4.78, 5) is 0. The van der Waals surface area contributed by atoms with E-state index < -0.39 is 0 Å². The van der Waals surface area contributed by atoms with Crippen LogP contribution in [0.15, 0.2) is 0 Å². The van der Waals surface area contributed by atoms with Gasteiger partial charge in [-0.1, -0.05) is 117 Å². The molecule has 0 amide bonds. The fraction of sp³-hybridized carbons (Fsp3) is 0.964. The number of hydrogen-bond acceptors (Lipinski definition) is 1. The molecule has 0 saturated heterocycles. The van der Waals surface area contributed by atoms with E-state index in [-0.39, 0.29) is 5.41 Å². The van der Waals surface area contributed by atoms with Crippen LogP contribution in [0.2, 0.25) is 0 Å². The van der Waals surface area contributed by atoms with Crippen molar-refractivity contribution in [1.29, 1.82) is 5.26 Å². The van der Waals surface area contributed by atoms with Crippen molar-refractivity contribution in [2.24, 2.45) is 23.2 Å². The van der Waals surface area contributed by atoms with Gasteiger partial charge in [0.2, 0.25) is 0 Å². The molecule has 0 aromatic carbocycles. The second kappa shape index (κ2) is 14.5. The number of nitriles is 1. The molecule has 2 rings (SSSR count). The smallest absolute Gasteiger partial charge is 0.0689 e. The molecular formula is C28H51N. The Morgan fingerprint density at radius 1 is 0.621 bits per heavy atom. The van der Waals surface area contributed by atoms with Crippen LogP contribution in [-0.2, 0) is 0 Å². The van der Waals surface area contributed by atoms with Crippen LogP contribution in [0.5, 0.6) is 0 Å². The highest BCUT2D eigenvalue weighted by molar-refractivity contribution is 5.01. The minimum atomic E-state index is 0.0411. The molecule has 0 heterocycles. The van der Waals surface area contributed by atoms with E-state index in [4.69, 9.17) is 0 Å². The predicted octanol–water partition coefficient (Wildman–Crippen LogP) is 9.60. The third-order valence-electron chi connectivity index (χ3n) is 8.47. The van der Waals surface area contributed by atoms with Gasteiger partial charge in [-0.2, -0.15) is 5.26 Å². The van der Waals surface area contributed by atoms with Gasteiger partial charge in [-0.3, -0.25) is 0 Å². The summed E-state index contributed by atoms with van der Waals surface area (Å²) in [5, 5.41) is 9.80. The van der Waals surface area contributed by atoms with Crippen LogP contribution < -0.4 is 0 Å². The molecule has 2 aliphatic carbocycles. The Bertz CT molecular complexity index is 432. The van der Waals surface area contributed by atoms with Crippen molar-refractivity contribution in [2.75, 3.05) is 0 Å². The van der Waals surface area contributed by atoms with Gasteiger partial charge in [-0.15, -0.1) is 0 Å². The summed E-state index contributed by atoms with van der Waals surface area (Å²) in [7, 11) is 0. The average Bonchev–Trinajstić information content (AvgIpc) is 2.77. The lowest BCUT2D eigenvalue weighted by Crippen LogP contribution is -2.26. The number of rotatable bonds is 14. The molecule has 1 nitrogen and oxygen atoms in total. The van der Waals surface area contributed by atoms with E-state index in [9.17, 15) is 5.26 Å². The lowest BCUT2D eigenvalue weighted by molar-refractivity contribution is 0.170. The van der Waals surface area contributed by atoms with Crippen LogP contribution in [0, 0.1) is 34.5 Å². The molecule has 0 unspecified atom stereocenters. The van der Waals surface area contributed by atoms with Gasteiger partial charge in [0.1, 0.15) is 0 Å². The van der Waals surface area contributed by atoms with Crippen LogP contribution in [0.25, 0.3) is 0 Å². The molecule has 0 aromatic rings. The lowest BCUT2D eigenvalue weighted by atomic mass is 9.67. The van der Waals surface area contributed by atoms with Gasteiger partial charge >= 0.3 is 0 Å². The molecule has 0 atom stereocenters. The molecular weight excluding hydrogens is 350 g/mol. The van der Waals surface area contributed by atoms with Gasteiger partial charge < -0.3 is 0 Å².